The number of rotatable bonds is 4. The summed E-state index contributed by atoms with van der Waals surface area (Å²) < 4.78 is 28.6. The van der Waals surface area contributed by atoms with Gasteiger partial charge in [-0.1, -0.05) is 22.9 Å². The molecule has 1 atom stereocenters. The summed E-state index contributed by atoms with van der Waals surface area (Å²) in [7, 11) is 0. The van der Waals surface area contributed by atoms with Crippen LogP contribution in [0.25, 0.3) is 0 Å². The highest BCUT2D eigenvalue weighted by atomic mass is 79.9. The average Bonchev–Trinajstić information content (AvgIpc) is 2.73. The number of thiophene rings is 1. The summed E-state index contributed by atoms with van der Waals surface area (Å²) in [5, 5.41) is 5.09. The van der Waals surface area contributed by atoms with Gasteiger partial charge in [-0.05, 0) is 42.6 Å². The number of hydrogen-bond donors (Lipinski definition) is 1. The van der Waals surface area contributed by atoms with Gasteiger partial charge in [-0.2, -0.15) is 0 Å². The molecule has 0 radical (unpaired) electrons. The summed E-state index contributed by atoms with van der Waals surface area (Å²) >= 11 is 4.61. The van der Waals surface area contributed by atoms with Crippen LogP contribution in [0.3, 0.4) is 0 Å². The number of hydrogen-bond acceptors (Lipinski definition) is 2. The summed E-state index contributed by atoms with van der Waals surface area (Å²) in [4.78, 5) is 0.946. The SMILES string of the molecule is CCNC(c1sccc1C)c1c(F)cc(Br)cc1F. The molecule has 0 aliphatic carbocycles. The maximum Gasteiger partial charge on any atom is 0.132 e. The van der Waals surface area contributed by atoms with Gasteiger partial charge in [-0.25, -0.2) is 8.78 Å². The fourth-order valence-corrected chi connectivity index (χ4v) is 3.45. The summed E-state index contributed by atoms with van der Waals surface area (Å²) in [6, 6.07) is 4.11. The molecule has 19 heavy (non-hydrogen) atoms. The van der Waals surface area contributed by atoms with Crippen LogP contribution in [0.15, 0.2) is 28.1 Å². The van der Waals surface area contributed by atoms with E-state index in [4.69, 9.17) is 0 Å². The Hall–Kier alpha value is -0.780. The lowest BCUT2D eigenvalue weighted by molar-refractivity contribution is 0.512. The van der Waals surface area contributed by atoms with Crippen LogP contribution in [0.5, 0.6) is 0 Å². The molecule has 0 saturated heterocycles. The van der Waals surface area contributed by atoms with Gasteiger partial charge in [0.25, 0.3) is 0 Å². The van der Waals surface area contributed by atoms with Crippen LogP contribution in [0.2, 0.25) is 0 Å². The fourth-order valence-electron chi connectivity index (χ4n) is 2.04. The molecule has 0 aliphatic rings. The maximum atomic E-state index is 14.1. The number of nitrogens with one attached hydrogen (secondary N) is 1. The molecule has 1 N–H and O–H groups in total. The number of benzene rings is 1. The molecular weight excluding hydrogens is 332 g/mol. The molecule has 1 heterocycles. The summed E-state index contributed by atoms with van der Waals surface area (Å²) in [6.45, 7) is 4.51. The van der Waals surface area contributed by atoms with E-state index >= 15 is 0 Å². The first-order chi connectivity index (χ1) is 9.04. The van der Waals surface area contributed by atoms with Crippen LogP contribution in [-0.4, -0.2) is 6.54 Å². The lowest BCUT2D eigenvalue weighted by Crippen LogP contribution is -2.24. The smallest absolute Gasteiger partial charge is 0.132 e. The van der Waals surface area contributed by atoms with Gasteiger partial charge in [-0.15, -0.1) is 11.3 Å². The van der Waals surface area contributed by atoms with E-state index in [0.29, 0.717) is 11.0 Å². The second-order valence-corrected chi connectivity index (χ2v) is 6.11. The van der Waals surface area contributed by atoms with Gasteiger partial charge in [0.2, 0.25) is 0 Å². The van der Waals surface area contributed by atoms with Crippen LogP contribution in [0.4, 0.5) is 8.78 Å². The Morgan fingerprint density at radius 3 is 2.42 bits per heavy atom. The van der Waals surface area contributed by atoms with Crippen molar-refractivity contribution in [2.75, 3.05) is 6.54 Å². The predicted octanol–water partition coefficient (Wildman–Crippen LogP) is 4.80. The molecule has 102 valence electrons. The Kier molecular flexibility index (Phi) is 4.71. The highest BCUT2D eigenvalue weighted by Gasteiger charge is 2.24. The van der Waals surface area contributed by atoms with Crippen LogP contribution < -0.4 is 5.32 Å². The minimum absolute atomic E-state index is 0.0793. The Morgan fingerprint density at radius 2 is 1.95 bits per heavy atom. The fraction of sp³-hybridized carbons (Fsp3) is 0.286. The molecule has 0 spiro atoms. The van der Waals surface area contributed by atoms with E-state index in [0.717, 1.165) is 10.4 Å². The largest absolute Gasteiger partial charge is 0.306 e. The molecule has 0 bridgehead atoms. The molecule has 1 aromatic heterocycles. The van der Waals surface area contributed by atoms with Gasteiger partial charge in [0.1, 0.15) is 11.6 Å². The van der Waals surface area contributed by atoms with Crippen LogP contribution in [0.1, 0.15) is 29.0 Å². The summed E-state index contributed by atoms with van der Waals surface area (Å²) in [5.74, 6) is -1.07. The number of aryl methyl sites for hydroxylation is 1. The molecular formula is C14H14BrF2NS. The Balaban J connectivity index is 2.54. The van der Waals surface area contributed by atoms with Gasteiger partial charge >= 0.3 is 0 Å². The summed E-state index contributed by atoms with van der Waals surface area (Å²) in [5.41, 5.74) is 1.12. The summed E-state index contributed by atoms with van der Waals surface area (Å²) in [6.07, 6.45) is 0. The van der Waals surface area contributed by atoms with Gasteiger partial charge < -0.3 is 5.32 Å². The minimum atomic E-state index is -0.536. The average molecular weight is 346 g/mol. The van der Waals surface area contributed by atoms with Gasteiger partial charge in [0.15, 0.2) is 0 Å². The van der Waals surface area contributed by atoms with Crippen LogP contribution in [0, 0.1) is 18.6 Å². The van der Waals surface area contributed by atoms with Crippen molar-refractivity contribution in [3.63, 3.8) is 0 Å². The van der Waals surface area contributed by atoms with E-state index in [1.807, 2.05) is 25.3 Å². The highest BCUT2D eigenvalue weighted by molar-refractivity contribution is 9.10. The zero-order chi connectivity index (χ0) is 14.0. The molecule has 0 saturated carbocycles. The number of halogens is 3. The zero-order valence-electron chi connectivity index (χ0n) is 10.6. The molecule has 2 aromatic rings. The Bertz CT molecular complexity index is 560. The maximum absolute atomic E-state index is 14.1. The Labute approximate surface area is 123 Å². The van der Waals surface area contributed by atoms with Crippen molar-refractivity contribution >= 4 is 27.3 Å². The van der Waals surface area contributed by atoms with E-state index in [2.05, 4.69) is 21.2 Å². The standard InChI is InChI=1S/C14H14BrF2NS/c1-3-18-13(14-8(2)4-5-19-14)12-10(16)6-9(15)7-11(12)17/h4-7,13,18H,3H2,1-2H3. The van der Waals surface area contributed by atoms with Crippen molar-refractivity contribution in [1.82, 2.24) is 5.32 Å². The van der Waals surface area contributed by atoms with Crippen molar-refractivity contribution in [3.05, 3.63) is 55.7 Å². The van der Waals surface area contributed by atoms with Crippen LogP contribution in [-0.2, 0) is 0 Å². The molecule has 0 fully saturated rings. The monoisotopic (exact) mass is 345 g/mol. The van der Waals surface area contributed by atoms with Crippen LogP contribution >= 0.6 is 27.3 Å². The zero-order valence-corrected chi connectivity index (χ0v) is 13.0. The predicted molar refractivity (Wildman–Crippen MR) is 78.6 cm³/mol. The quantitative estimate of drug-likeness (QED) is 0.839. The highest BCUT2D eigenvalue weighted by Crippen LogP contribution is 2.33. The van der Waals surface area contributed by atoms with Crippen molar-refractivity contribution in [2.45, 2.75) is 19.9 Å². The second-order valence-electron chi connectivity index (χ2n) is 4.24. The normalized spacial score (nSPS) is 12.7. The van der Waals surface area contributed by atoms with E-state index < -0.39 is 17.7 Å². The molecule has 1 aromatic carbocycles. The molecule has 1 unspecified atom stereocenters. The molecule has 5 heteroatoms. The topological polar surface area (TPSA) is 12.0 Å². The molecule has 2 rings (SSSR count). The van der Waals surface area contributed by atoms with Crippen molar-refractivity contribution < 1.29 is 8.78 Å². The first-order valence-electron chi connectivity index (χ1n) is 5.96. The van der Waals surface area contributed by atoms with Gasteiger partial charge in [0, 0.05) is 14.9 Å². The minimum Gasteiger partial charge on any atom is -0.306 e. The van der Waals surface area contributed by atoms with Crippen molar-refractivity contribution in [2.24, 2.45) is 0 Å². The first kappa shape index (κ1) is 14.6. The van der Waals surface area contributed by atoms with E-state index in [-0.39, 0.29) is 5.56 Å². The van der Waals surface area contributed by atoms with Crippen molar-refractivity contribution in [3.8, 4) is 0 Å². The van der Waals surface area contributed by atoms with E-state index in [1.54, 1.807) is 0 Å². The van der Waals surface area contributed by atoms with E-state index in [9.17, 15) is 8.78 Å². The van der Waals surface area contributed by atoms with Gasteiger partial charge in [-0.3, -0.25) is 0 Å². The van der Waals surface area contributed by atoms with Crippen molar-refractivity contribution in [1.29, 1.82) is 0 Å². The lowest BCUT2D eigenvalue weighted by Gasteiger charge is -2.19. The third-order valence-corrected chi connectivity index (χ3v) is 4.45. The molecule has 0 amide bonds. The third-order valence-electron chi connectivity index (χ3n) is 2.90. The van der Waals surface area contributed by atoms with E-state index in [1.165, 1.54) is 23.5 Å². The third kappa shape index (κ3) is 3.04. The Morgan fingerprint density at radius 1 is 1.32 bits per heavy atom. The first-order valence-corrected chi connectivity index (χ1v) is 7.63. The molecule has 1 nitrogen and oxygen atoms in total. The lowest BCUT2D eigenvalue weighted by atomic mass is 10.0. The molecule has 0 aliphatic heterocycles. The second kappa shape index (κ2) is 6.11. The van der Waals surface area contributed by atoms with Gasteiger partial charge in [0.05, 0.1) is 6.04 Å².